The maximum Gasteiger partial charge on any atom is 0.120 e. The highest BCUT2D eigenvalue weighted by Crippen LogP contribution is 2.21. The summed E-state index contributed by atoms with van der Waals surface area (Å²) in [4.78, 5) is 0. The predicted octanol–water partition coefficient (Wildman–Crippen LogP) is 5.76. The molecule has 0 N–H and O–H groups in total. The Hall–Kier alpha value is -1.98. The molecule has 21 heavy (non-hydrogen) atoms. The highest BCUT2D eigenvalue weighted by molar-refractivity contribution is 5.83. The van der Waals surface area contributed by atoms with Gasteiger partial charge in [0.2, 0.25) is 0 Å². The van der Waals surface area contributed by atoms with E-state index in [0.717, 1.165) is 12.2 Å². The zero-order valence-corrected chi connectivity index (χ0v) is 13.4. The van der Waals surface area contributed by atoms with Crippen molar-refractivity contribution in [3.63, 3.8) is 0 Å². The standard InChI is InChI=1S/C20H24O/c1-5-16(12-13-20(2,3)4)15-21-19-11-10-17-8-6-7-9-18(17)14-19/h6-11,13-14H,5,15H2,1-4H3. The molecule has 0 atom stereocenters. The normalized spacial score (nSPS) is 11.0. The van der Waals surface area contributed by atoms with Crippen LogP contribution >= 0.6 is 0 Å². The molecule has 0 unspecified atom stereocenters. The van der Waals surface area contributed by atoms with Crippen LogP contribution in [0.3, 0.4) is 0 Å². The van der Waals surface area contributed by atoms with E-state index in [1.54, 1.807) is 0 Å². The zero-order chi connectivity index (χ0) is 15.3. The van der Waals surface area contributed by atoms with Gasteiger partial charge in [-0.1, -0.05) is 58.0 Å². The third-order valence-electron chi connectivity index (χ3n) is 3.27. The highest BCUT2D eigenvalue weighted by Gasteiger charge is 2.04. The van der Waals surface area contributed by atoms with Crippen LogP contribution in [0.25, 0.3) is 10.8 Å². The van der Waals surface area contributed by atoms with E-state index in [1.165, 1.54) is 16.3 Å². The molecule has 0 aliphatic rings. The van der Waals surface area contributed by atoms with Crippen molar-refractivity contribution < 1.29 is 4.74 Å². The van der Waals surface area contributed by atoms with E-state index in [4.69, 9.17) is 4.74 Å². The molecule has 0 aliphatic carbocycles. The molecule has 110 valence electrons. The third kappa shape index (κ3) is 4.81. The molecule has 1 nitrogen and oxygen atoms in total. The van der Waals surface area contributed by atoms with Crippen molar-refractivity contribution in [3.05, 3.63) is 59.8 Å². The summed E-state index contributed by atoms with van der Waals surface area (Å²) in [7, 11) is 0. The summed E-state index contributed by atoms with van der Waals surface area (Å²) >= 11 is 0. The van der Waals surface area contributed by atoms with Crippen LogP contribution in [0.5, 0.6) is 5.75 Å². The molecule has 0 amide bonds. The monoisotopic (exact) mass is 280 g/mol. The van der Waals surface area contributed by atoms with Crippen molar-refractivity contribution in [1.29, 1.82) is 0 Å². The molecular formula is C20H24O. The van der Waals surface area contributed by atoms with Crippen LogP contribution < -0.4 is 4.74 Å². The topological polar surface area (TPSA) is 9.23 Å². The summed E-state index contributed by atoms with van der Waals surface area (Å²) in [6.07, 6.45) is 3.08. The maximum atomic E-state index is 5.91. The molecule has 0 bridgehead atoms. The molecule has 0 saturated carbocycles. The number of hydrogen-bond donors (Lipinski definition) is 0. The lowest BCUT2D eigenvalue weighted by Gasteiger charge is -2.10. The zero-order valence-electron chi connectivity index (χ0n) is 13.4. The second kappa shape index (κ2) is 6.65. The second-order valence-corrected chi connectivity index (χ2v) is 6.41. The van der Waals surface area contributed by atoms with E-state index in [1.807, 2.05) is 6.07 Å². The third-order valence-corrected chi connectivity index (χ3v) is 3.27. The smallest absolute Gasteiger partial charge is 0.120 e. The van der Waals surface area contributed by atoms with Crippen LogP contribution in [0.2, 0.25) is 0 Å². The Labute approximate surface area is 127 Å². The minimum Gasteiger partial charge on any atom is -0.489 e. The van der Waals surface area contributed by atoms with Crippen LogP contribution in [0.1, 0.15) is 34.1 Å². The molecule has 1 heteroatoms. The fourth-order valence-corrected chi connectivity index (χ4v) is 1.99. The highest BCUT2D eigenvalue weighted by atomic mass is 16.5. The van der Waals surface area contributed by atoms with Gasteiger partial charge in [0.15, 0.2) is 0 Å². The summed E-state index contributed by atoms with van der Waals surface area (Å²) in [5.74, 6) is 0.914. The number of hydrogen-bond acceptors (Lipinski definition) is 1. The lowest BCUT2D eigenvalue weighted by atomic mass is 9.96. The fourth-order valence-electron chi connectivity index (χ4n) is 1.99. The van der Waals surface area contributed by atoms with Gasteiger partial charge < -0.3 is 4.74 Å². The average Bonchev–Trinajstić information content (AvgIpc) is 2.46. The van der Waals surface area contributed by atoms with Gasteiger partial charge in [-0.25, -0.2) is 0 Å². The number of fused-ring (bicyclic) bond motifs is 1. The quantitative estimate of drug-likeness (QED) is 0.647. The number of rotatable bonds is 4. The lowest BCUT2D eigenvalue weighted by Crippen LogP contribution is -2.01. The molecule has 0 fully saturated rings. The lowest BCUT2D eigenvalue weighted by molar-refractivity contribution is 0.349. The van der Waals surface area contributed by atoms with Crippen molar-refractivity contribution in [1.82, 2.24) is 0 Å². The van der Waals surface area contributed by atoms with Crippen LogP contribution in [-0.4, -0.2) is 6.61 Å². The average molecular weight is 280 g/mol. The minimum absolute atomic E-state index is 0.156. The Kier molecular flexibility index (Phi) is 4.88. The Morgan fingerprint density at radius 2 is 1.81 bits per heavy atom. The van der Waals surface area contributed by atoms with Crippen LogP contribution in [0.15, 0.2) is 59.8 Å². The molecular weight excluding hydrogens is 256 g/mol. The first-order chi connectivity index (χ1) is 9.98. The van der Waals surface area contributed by atoms with E-state index in [0.29, 0.717) is 6.61 Å². The molecule has 2 aromatic rings. The van der Waals surface area contributed by atoms with E-state index in [9.17, 15) is 0 Å². The van der Waals surface area contributed by atoms with Gasteiger partial charge in [0, 0.05) is 5.57 Å². The fraction of sp³-hybridized carbons (Fsp3) is 0.350. The molecule has 0 aromatic heterocycles. The Morgan fingerprint density at radius 1 is 1.10 bits per heavy atom. The van der Waals surface area contributed by atoms with Gasteiger partial charge in [0.05, 0.1) is 0 Å². The molecule has 0 radical (unpaired) electrons. The van der Waals surface area contributed by atoms with Gasteiger partial charge in [0.1, 0.15) is 12.4 Å². The van der Waals surface area contributed by atoms with Crippen molar-refractivity contribution in [2.24, 2.45) is 5.41 Å². The molecule has 0 heterocycles. The molecule has 0 saturated heterocycles. The minimum atomic E-state index is 0.156. The maximum absolute atomic E-state index is 5.91. The Morgan fingerprint density at radius 3 is 2.48 bits per heavy atom. The molecule has 2 rings (SSSR count). The van der Waals surface area contributed by atoms with Crippen molar-refractivity contribution in [3.8, 4) is 5.75 Å². The van der Waals surface area contributed by atoms with E-state index >= 15 is 0 Å². The molecule has 2 aromatic carbocycles. The van der Waals surface area contributed by atoms with Crippen molar-refractivity contribution in [2.45, 2.75) is 34.1 Å². The predicted molar refractivity (Wildman–Crippen MR) is 90.8 cm³/mol. The van der Waals surface area contributed by atoms with E-state index in [2.05, 4.69) is 75.9 Å². The van der Waals surface area contributed by atoms with Gasteiger partial charge in [-0.15, -0.1) is 5.73 Å². The Bertz CT molecular complexity index is 668. The van der Waals surface area contributed by atoms with Crippen LogP contribution in [-0.2, 0) is 0 Å². The number of ether oxygens (including phenoxy) is 1. The van der Waals surface area contributed by atoms with Gasteiger partial charge in [-0.3, -0.25) is 0 Å². The largest absolute Gasteiger partial charge is 0.489 e. The first-order valence-electron chi connectivity index (χ1n) is 7.55. The second-order valence-electron chi connectivity index (χ2n) is 6.41. The summed E-state index contributed by atoms with van der Waals surface area (Å²) in [6, 6.07) is 14.6. The van der Waals surface area contributed by atoms with Gasteiger partial charge in [0.25, 0.3) is 0 Å². The van der Waals surface area contributed by atoms with E-state index < -0.39 is 0 Å². The molecule has 0 spiro atoms. The van der Waals surface area contributed by atoms with Crippen molar-refractivity contribution >= 4 is 10.8 Å². The van der Waals surface area contributed by atoms with Crippen LogP contribution in [0.4, 0.5) is 0 Å². The SMILES string of the molecule is CCC(=C=CC(C)(C)C)COc1ccc2ccccc2c1. The van der Waals surface area contributed by atoms with E-state index in [-0.39, 0.29) is 5.41 Å². The summed E-state index contributed by atoms with van der Waals surface area (Å²) in [5, 5.41) is 2.45. The first-order valence-corrected chi connectivity index (χ1v) is 7.55. The summed E-state index contributed by atoms with van der Waals surface area (Å²) in [5.41, 5.74) is 4.73. The Balaban J connectivity index is 2.11. The number of benzene rings is 2. The first kappa shape index (κ1) is 15.4. The van der Waals surface area contributed by atoms with Gasteiger partial charge in [-0.2, -0.15) is 0 Å². The van der Waals surface area contributed by atoms with Crippen molar-refractivity contribution in [2.75, 3.05) is 6.61 Å². The van der Waals surface area contributed by atoms with Gasteiger partial charge >= 0.3 is 0 Å². The summed E-state index contributed by atoms with van der Waals surface area (Å²) < 4.78 is 5.91. The van der Waals surface area contributed by atoms with Crippen LogP contribution in [0, 0.1) is 5.41 Å². The molecule has 0 aliphatic heterocycles. The van der Waals surface area contributed by atoms with Gasteiger partial charge in [-0.05, 0) is 40.8 Å². The summed E-state index contributed by atoms with van der Waals surface area (Å²) in [6.45, 7) is 9.27.